The van der Waals surface area contributed by atoms with Crippen LogP contribution in [0.4, 0.5) is 10.1 Å². The SMILES string of the molecule is Cc1cc(C(=O)Nc2ccccc2Cl)c2ccc(F)cc2n1. The Morgan fingerprint density at radius 2 is 1.95 bits per heavy atom. The minimum absolute atomic E-state index is 0.310. The van der Waals surface area contributed by atoms with Crippen LogP contribution in [0.5, 0.6) is 0 Å². The van der Waals surface area contributed by atoms with Gasteiger partial charge in [-0.25, -0.2) is 4.39 Å². The fourth-order valence-corrected chi connectivity index (χ4v) is 2.46. The Labute approximate surface area is 131 Å². The molecule has 0 aliphatic rings. The van der Waals surface area contributed by atoms with Gasteiger partial charge in [0.05, 0.1) is 21.8 Å². The number of nitrogens with zero attached hydrogens (tertiary/aromatic N) is 1. The molecule has 3 nitrogen and oxygen atoms in total. The van der Waals surface area contributed by atoms with Gasteiger partial charge in [0.2, 0.25) is 0 Å². The zero-order valence-electron chi connectivity index (χ0n) is 11.7. The Morgan fingerprint density at radius 3 is 2.73 bits per heavy atom. The first-order valence-electron chi connectivity index (χ1n) is 6.67. The van der Waals surface area contributed by atoms with Crippen molar-refractivity contribution in [3.63, 3.8) is 0 Å². The predicted octanol–water partition coefficient (Wildman–Crippen LogP) is 4.59. The molecule has 22 heavy (non-hydrogen) atoms. The highest BCUT2D eigenvalue weighted by Gasteiger charge is 2.14. The van der Waals surface area contributed by atoms with Crippen LogP contribution in [0.15, 0.2) is 48.5 Å². The van der Waals surface area contributed by atoms with Gasteiger partial charge in [0.25, 0.3) is 5.91 Å². The van der Waals surface area contributed by atoms with Gasteiger partial charge in [-0.15, -0.1) is 0 Å². The van der Waals surface area contributed by atoms with Crippen molar-refractivity contribution in [1.29, 1.82) is 0 Å². The third-order valence-corrected chi connectivity index (χ3v) is 3.60. The minimum atomic E-state index is -0.386. The number of hydrogen-bond acceptors (Lipinski definition) is 2. The highest BCUT2D eigenvalue weighted by atomic mass is 35.5. The molecule has 0 unspecified atom stereocenters. The van der Waals surface area contributed by atoms with Crippen molar-refractivity contribution in [2.75, 3.05) is 5.32 Å². The second-order valence-electron chi connectivity index (χ2n) is 4.91. The molecule has 0 bridgehead atoms. The van der Waals surface area contributed by atoms with Crippen molar-refractivity contribution < 1.29 is 9.18 Å². The van der Waals surface area contributed by atoms with Crippen LogP contribution in [0.3, 0.4) is 0 Å². The molecule has 5 heteroatoms. The number of hydrogen-bond donors (Lipinski definition) is 1. The molecule has 0 aliphatic carbocycles. The molecule has 1 N–H and O–H groups in total. The van der Waals surface area contributed by atoms with Gasteiger partial charge in [0.15, 0.2) is 0 Å². The Kier molecular flexibility index (Phi) is 3.77. The van der Waals surface area contributed by atoms with Gasteiger partial charge < -0.3 is 5.32 Å². The van der Waals surface area contributed by atoms with Crippen LogP contribution in [-0.2, 0) is 0 Å². The first-order valence-corrected chi connectivity index (χ1v) is 7.05. The second kappa shape index (κ2) is 5.73. The molecule has 3 aromatic rings. The van der Waals surface area contributed by atoms with Crippen molar-refractivity contribution in [3.8, 4) is 0 Å². The summed E-state index contributed by atoms with van der Waals surface area (Å²) in [4.78, 5) is 16.8. The minimum Gasteiger partial charge on any atom is -0.321 e. The van der Waals surface area contributed by atoms with Crippen LogP contribution >= 0.6 is 11.6 Å². The van der Waals surface area contributed by atoms with Gasteiger partial charge in [-0.1, -0.05) is 23.7 Å². The average molecular weight is 315 g/mol. The number of aryl methyl sites for hydroxylation is 1. The number of benzene rings is 2. The molecule has 1 amide bonds. The van der Waals surface area contributed by atoms with Crippen LogP contribution in [0.2, 0.25) is 5.02 Å². The first kappa shape index (κ1) is 14.5. The number of halogens is 2. The number of carbonyl (C=O) groups is 1. The van der Waals surface area contributed by atoms with E-state index in [2.05, 4.69) is 10.3 Å². The molecule has 0 aliphatic heterocycles. The van der Waals surface area contributed by atoms with E-state index in [4.69, 9.17) is 11.6 Å². The molecular weight excluding hydrogens is 303 g/mol. The van der Waals surface area contributed by atoms with Crippen molar-refractivity contribution in [2.45, 2.75) is 6.92 Å². The first-order chi connectivity index (χ1) is 10.5. The highest BCUT2D eigenvalue weighted by Crippen LogP contribution is 2.24. The molecule has 0 radical (unpaired) electrons. The molecule has 0 saturated heterocycles. The highest BCUT2D eigenvalue weighted by molar-refractivity contribution is 6.34. The lowest BCUT2D eigenvalue weighted by Crippen LogP contribution is -2.13. The number of aromatic nitrogens is 1. The summed E-state index contributed by atoms with van der Waals surface area (Å²) < 4.78 is 13.3. The van der Waals surface area contributed by atoms with Crippen LogP contribution in [0.1, 0.15) is 16.1 Å². The fraction of sp³-hybridized carbons (Fsp3) is 0.0588. The Hall–Kier alpha value is -2.46. The fourth-order valence-electron chi connectivity index (χ4n) is 2.27. The molecule has 0 fully saturated rings. The van der Waals surface area contributed by atoms with E-state index >= 15 is 0 Å². The third-order valence-electron chi connectivity index (χ3n) is 3.27. The van der Waals surface area contributed by atoms with E-state index in [1.807, 2.05) is 0 Å². The molecule has 110 valence electrons. The van der Waals surface area contributed by atoms with E-state index in [-0.39, 0.29) is 11.7 Å². The van der Waals surface area contributed by atoms with E-state index in [0.717, 1.165) is 0 Å². The molecular formula is C17H12ClFN2O. The monoisotopic (exact) mass is 314 g/mol. The second-order valence-corrected chi connectivity index (χ2v) is 5.31. The Bertz CT molecular complexity index is 874. The normalized spacial score (nSPS) is 10.7. The number of amides is 1. The maximum absolute atomic E-state index is 13.3. The average Bonchev–Trinajstić information content (AvgIpc) is 2.48. The molecule has 3 rings (SSSR count). The van der Waals surface area contributed by atoms with Crippen LogP contribution < -0.4 is 5.32 Å². The summed E-state index contributed by atoms with van der Waals surface area (Å²) in [5, 5.41) is 3.82. The van der Waals surface area contributed by atoms with Crippen LogP contribution in [-0.4, -0.2) is 10.9 Å². The summed E-state index contributed by atoms with van der Waals surface area (Å²) in [6, 6.07) is 12.8. The molecule has 0 atom stereocenters. The van der Waals surface area contributed by atoms with Crippen molar-refractivity contribution in [3.05, 3.63) is 70.6 Å². The zero-order valence-corrected chi connectivity index (χ0v) is 12.5. The number of nitrogens with one attached hydrogen (secondary N) is 1. The van der Waals surface area contributed by atoms with E-state index in [1.165, 1.54) is 12.1 Å². The predicted molar refractivity (Wildman–Crippen MR) is 85.8 cm³/mol. The number of carbonyl (C=O) groups excluding carboxylic acids is 1. The van der Waals surface area contributed by atoms with E-state index in [1.54, 1.807) is 43.3 Å². The number of pyridine rings is 1. The molecule has 2 aromatic carbocycles. The molecule has 0 spiro atoms. The number of fused-ring (bicyclic) bond motifs is 1. The number of para-hydroxylation sites is 1. The van der Waals surface area contributed by atoms with Crippen molar-refractivity contribution in [2.24, 2.45) is 0 Å². The van der Waals surface area contributed by atoms with E-state index < -0.39 is 0 Å². The van der Waals surface area contributed by atoms with Gasteiger partial charge in [-0.05, 0) is 37.3 Å². The Balaban J connectivity index is 2.06. The zero-order chi connectivity index (χ0) is 15.7. The number of anilines is 1. The third kappa shape index (κ3) is 2.78. The van der Waals surface area contributed by atoms with E-state index in [0.29, 0.717) is 32.9 Å². The summed E-state index contributed by atoms with van der Waals surface area (Å²) in [5.74, 6) is -0.696. The summed E-state index contributed by atoms with van der Waals surface area (Å²) in [5.41, 5.74) is 2.05. The van der Waals surface area contributed by atoms with Crippen LogP contribution in [0.25, 0.3) is 10.9 Å². The van der Waals surface area contributed by atoms with Crippen molar-refractivity contribution in [1.82, 2.24) is 4.98 Å². The molecule has 0 saturated carbocycles. The smallest absolute Gasteiger partial charge is 0.256 e. The largest absolute Gasteiger partial charge is 0.321 e. The maximum Gasteiger partial charge on any atom is 0.256 e. The van der Waals surface area contributed by atoms with Gasteiger partial charge in [-0.3, -0.25) is 9.78 Å². The number of rotatable bonds is 2. The summed E-state index contributed by atoms with van der Waals surface area (Å²) in [6.07, 6.45) is 0. The van der Waals surface area contributed by atoms with Gasteiger partial charge in [-0.2, -0.15) is 0 Å². The van der Waals surface area contributed by atoms with Gasteiger partial charge >= 0.3 is 0 Å². The van der Waals surface area contributed by atoms with Crippen LogP contribution in [0, 0.1) is 12.7 Å². The van der Waals surface area contributed by atoms with E-state index in [9.17, 15) is 9.18 Å². The summed E-state index contributed by atoms with van der Waals surface area (Å²) >= 11 is 6.05. The summed E-state index contributed by atoms with van der Waals surface area (Å²) in [6.45, 7) is 1.76. The van der Waals surface area contributed by atoms with Gasteiger partial charge in [0.1, 0.15) is 5.82 Å². The molecule has 1 heterocycles. The Morgan fingerprint density at radius 1 is 1.18 bits per heavy atom. The lowest BCUT2D eigenvalue weighted by Gasteiger charge is -2.10. The lowest BCUT2D eigenvalue weighted by molar-refractivity contribution is 0.102. The standard InChI is InChI=1S/C17H12ClFN2O/c1-10-8-13(12-7-6-11(19)9-16(12)20-10)17(22)21-15-5-3-2-4-14(15)18/h2-9H,1H3,(H,21,22). The van der Waals surface area contributed by atoms with Crippen molar-refractivity contribution >= 4 is 34.1 Å². The quantitative estimate of drug-likeness (QED) is 0.751. The topological polar surface area (TPSA) is 42.0 Å². The van der Waals surface area contributed by atoms with Gasteiger partial charge in [0, 0.05) is 17.1 Å². The lowest BCUT2D eigenvalue weighted by atomic mass is 10.1. The summed E-state index contributed by atoms with van der Waals surface area (Å²) in [7, 11) is 0. The maximum atomic E-state index is 13.3. The molecule has 1 aromatic heterocycles.